The lowest BCUT2D eigenvalue weighted by atomic mass is 10.0. The van der Waals surface area contributed by atoms with Crippen LogP contribution in [0.15, 0.2) is 49.1 Å². The molecule has 1 fully saturated rings. The molecule has 2 aromatic rings. The topological polar surface area (TPSA) is 50.2 Å². The van der Waals surface area contributed by atoms with Crippen molar-refractivity contribution >= 4 is 11.6 Å². The molecule has 3 rings (SSSR count). The van der Waals surface area contributed by atoms with Crippen molar-refractivity contribution < 1.29 is 4.79 Å². The Hall–Kier alpha value is -2.30. The fourth-order valence-corrected chi connectivity index (χ4v) is 3.06. The van der Waals surface area contributed by atoms with Crippen molar-refractivity contribution in [3.8, 4) is 0 Å². The van der Waals surface area contributed by atoms with Crippen molar-refractivity contribution in [2.45, 2.75) is 38.3 Å². The van der Waals surface area contributed by atoms with Crippen molar-refractivity contribution in [1.82, 2.24) is 14.9 Å². The molecule has 1 aromatic heterocycles. The van der Waals surface area contributed by atoms with Gasteiger partial charge < -0.3 is 14.8 Å². The molecule has 2 heterocycles. The Labute approximate surface area is 137 Å². The van der Waals surface area contributed by atoms with E-state index in [9.17, 15) is 4.79 Å². The van der Waals surface area contributed by atoms with Crippen molar-refractivity contribution in [1.29, 1.82) is 0 Å². The van der Waals surface area contributed by atoms with Crippen molar-refractivity contribution in [3.05, 3.63) is 49.1 Å². The number of benzene rings is 1. The number of hydrogen-bond donors (Lipinski definition) is 1. The maximum atomic E-state index is 12.0. The third-order valence-corrected chi connectivity index (χ3v) is 4.36. The van der Waals surface area contributed by atoms with E-state index in [2.05, 4.69) is 39.5 Å². The molecule has 0 saturated carbocycles. The molecule has 1 aromatic carbocycles. The number of nitrogens with one attached hydrogen (secondary N) is 1. The zero-order valence-corrected chi connectivity index (χ0v) is 13.4. The van der Waals surface area contributed by atoms with Gasteiger partial charge in [-0.05, 0) is 31.4 Å². The summed E-state index contributed by atoms with van der Waals surface area (Å²) in [6, 6.07) is 10.8. The SMILES string of the molecule is O=C(CCCn1ccnc1)NC1CCN(c2ccccc2)CC1. The van der Waals surface area contributed by atoms with Crippen LogP contribution >= 0.6 is 0 Å². The quantitative estimate of drug-likeness (QED) is 0.891. The first-order valence-electron chi connectivity index (χ1n) is 8.36. The van der Waals surface area contributed by atoms with Gasteiger partial charge in [0.15, 0.2) is 0 Å². The van der Waals surface area contributed by atoms with E-state index in [1.165, 1.54) is 5.69 Å². The Morgan fingerprint density at radius 3 is 2.70 bits per heavy atom. The summed E-state index contributed by atoms with van der Waals surface area (Å²) in [4.78, 5) is 18.4. The zero-order chi connectivity index (χ0) is 15.9. The maximum absolute atomic E-state index is 12.0. The van der Waals surface area contributed by atoms with Gasteiger partial charge in [-0.3, -0.25) is 4.79 Å². The minimum atomic E-state index is 0.170. The Balaban J connectivity index is 1.36. The summed E-state index contributed by atoms with van der Waals surface area (Å²) in [7, 11) is 0. The Kier molecular flexibility index (Phi) is 5.29. The predicted octanol–water partition coefficient (Wildman–Crippen LogP) is 2.45. The van der Waals surface area contributed by atoms with E-state index in [4.69, 9.17) is 0 Å². The second-order valence-electron chi connectivity index (χ2n) is 6.07. The molecule has 0 unspecified atom stereocenters. The number of para-hydroxylation sites is 1. The first-order chi connectivity index (χ1) is 11.3. The van der Waals surface area contributed by atoms with Gasteiger partial charge in [0.2, 0.25) is 5.91 Å². The van der Waals surface area contributed by atoms with Crippen molar-refractivity contribution in [3.63, 3.8) is 0 Å². The number of aromatic nitrogens is 2. The number of nitrogens with zero attached hydrogens (tertiary/aromatic N) is 3. The molecule has 0 radical (unpaired) electrons. The van der Waals surface area contributed by atoms with Crippen LogP contribution in [0.1, 0.15) is 25.7 Å². The van der Waals surface area contributed by atoms with Gasteiger partial charge >= 0.3 is 0 Å². The molecule has 1 amide bonds. The Bertz CT molecular complexity index is 589. The lowest BCUT2D eigenvalue weighted by Gasteiger charge is -2.34. The summed E-state index contributed by atoms with van der Waals surface area (Å²) in [6.07, 6.45) is 8.95. The highest BCUT2D eigenvalue weighted by Gasteiger charge is 2.20. The number of rotatable bonds is 6. The first-order valence-corrected chi connectivity index (χ1v) is 8.36. The van der Waals surface area contributed by atoms with Crippen LogP contribution in [0.2, 0.25) is 0 Å². The van der Waals surface area contributed by atoms with Crippen LogP contribution in [-0.2, 0) is 11.3 Å². The summed E-state index contributed by atoms with van der Waals surface area (Å²) in [5, 5.41) is 3.18. The molecule has 0 aliphatic carbocycles. The number of aryl methyl sites for hydroxylation is 1. The van der Waals surface area contributed by atoms with Crippen LogP contribution < -0.4 is 10.2 Å². The third-order valence-electron chi connectivity index (χ3n) is 4.36. The molecular weight excluding hydrogens is 288 g/mol. The third kappa shape index (κ3) is 4.58. The lowest BCUT2D eigenvalue weighted by molar-refractivity contribution is -0.122. The highest BCUT2D eigenvalue weighted by atomic mass is 16.1. The van der Waals surface area contributed by atoms with E-state index in [0.29, 0.717) is 12.5 Å². The molecule has 1 aliphatic heterocycles. The highest BCUT2D eigenvalue weighted by Crippen LogP contribution is 2.19. The maximum Gasteiger partial charge on any atom is 0.220 e. The van der Waals surface area contributed by atoms with Crippen LogP contribution in [0.5, 0.6) is 0 Å². The molecule has 5 heteroatoms. The van der Waals surface area contributed by atoms with E-state index in [-0.39, 0.29) is 5.91 Å². The number of imidazole rings is 1. The number of carbonyl (C=O) groups excluding carboxylic acids is 1. The summed E-state index contributed by atoms with van der Waals surface area (Å²) in [5.41, 5.74) is 1.28. The lowest BCUT2D eigenvalue weighted by Crippen LogP contribution is -2.44. The molecular formula is C18H24N4O. The minimum absolute atomic E-state index is 0.170. The van der Waals surface area contributed by atoms with Crippen molar-refractivity contribution in [2.24, 2.45) is 0 Å². The van der Waals surface area contributed by atoms with Gasteiger partial charge in [0, 0.05) is 50.2 Å². The van der Waals surface area contributed by atoms with Gasteiger partial charge in [-0.25, -0.2) is 4.98 Å². The second-order valence-corrected chi connectivity index (χ2v) is 6.07. The average molecular weight is 312 g/mol. The summed E-state index contributed by atoms with van der Waals surface area (Å²) < 4.78 is 2.01. The zero-order valence-electron chi connectivity index (χ0n) is 13.4. The molecule has 0 atom stereocenters. The van der Waals surface area contributed by atoms with Gasteiger partial charge in [-0.15, -0.1) is 0 Å². The smallest absolute Gasteiger partial charge is 0.220 e. The van der Waals surface area contributed by atoms with Crippen LogP contribution in [0.4, 0.5) is 5.69 Å². The minimum Gasteiger partial charge on any atom is -0.371 e. The molecule has 0 spiro atoms. The van der Waals surface area contributed by atoms with Gasteiger partial charge in [0.25, 0.3) is 0 Å². The Morgan fingerprint density at radius 1 is 1.22 bits per heavy atom. The van der Waals surface area contributed by atoms with Gasteiger partial charge in [0.05, 0.1) is 6.33 Å². The average Bonchev–Trinajstić information content (AvgIpc) is 3.10. The predicted molar refractivity (Wildman–Crippen MR) is 91.3 cm³/mol. The number of anilines is 1. The number of amides is 1. The molecule has 23 heavy (non-hydrogen) atoms. The van der Waals surface area contributed by atoms with Gasteiger partial charge in [-0.1, -0.05) is 18.2 Å². The van der Waals surface area contributed by atoms with Gasteiger partial charge in [-0.2, -0.15) is 0 Å². The second kappa shape index (κ2) is 7.81. The summed E-state index contributed by atoms with van der Waals surface area (Å²) >= 11 is 0. The molecule has 1 saturated heterocycles. The van der Waals surface area contributed by atoms with Crippen LogP contribution in [0.3, 0.4) is 0 Å². The van der Waals surface area contributed by atoms with E-state index in [1.807, 2.05) is 16.8 Å². The number of piperidine rings is 1. The molecule has 0 bridgehead atoms. The monoisotopic (exact) mass is 312 g/mol. The molecule has 5 nitrogen and oxygen atoms in total. The Morgan fingerprint density at radius 2 is 2.00 bits per heavy atom. The van der Waals surface area contributed by atoms with E-state index in [1.54, 1.807) is 12.5 Å². The standard InChI is InChI=1S/C18H24N4O/c23-18(7-4-11-21-14-10-19-15-21)20-16-8-12-22(13-9-16)17-5-2-1-3-6-17/h1-3,5-6,10,14-16H,4,7-9,11-13H2,(H,20,23). The van der Waals surface area contributed by atoms with E-state index in [0.717, 1.165) is 38.9 Å². The molecule has 1 N–H and O–H groups in total. The number of hydrogen-bond acceptors (Lipinski definition) is 3. The van der Waals surface area contributed by atoms with E-state index < -0.39 is 0 Å². The largest absolute Gasteiger partial charge is 0.371 e. The molecule has 122 valence electrons. The van der Waals surface area contributed by atoms with E-state index >= 15 is 0 Å². The fourth-order valence-electron chi connectivity index (χ4n) is 3.06. The summed E-state index contributed by atoms with van der Waals surface area (Å²) in [6.45, 7) is 2.86. The normalized spacial score (nSPS) is 15.6. The summed E-state index contributed by atoms with van der Waals surface area (Å²) in [5.74, 6) is 0.170. The van der Waals surface area contributed by atoms with Crippen LogP contribution in [0, 0.1) is 0 Å². The van der Waals surface area contributed by atoms with Crippen LogP contribution in [-0.4, -0.2) is 34.6 Å². The highest BCUT2D eigenvalue weighted by molar-refractivity contribution is 5.76. The number of carbonyl (C=O) groups is 1. The fraction of sp³-hybridized carbons (Fsp3) is 0.444. The van der Waals surface area contributed by atoms with Crippen molar-refractivity contribution in [2.75, 3.05) is 18.0 Å². The van der Waals surface area contributed by atoms with Crippen LogP contribution in [0.25, 0.3) is 0 Å². The first kappa shape index (κ1) is 15.6. The molecule has 1 aliphatic rings. The van der Waals surface area contributed by atoms with Gasteiger partial charge in [0.1, 0.15) is 0 Å².